The third-order valence-electron chi connectivity index (χ3n) is 6.00. The average molecular weight is 459 g/mol. The fourth-order valence-corrected chi connectivity index (χ4v) is 4.35. The van der Waals surface area contributed by atoms with Gasteiger partial charge in [0, 0.05) is 36.8 Å². The lowest BCUT2D eigenvalue weighted by atomic mass is 10.1. The number of guanidine groups is 1. The number of carboxylic acids is 2. The van der Waals surface area contributed by atoms with E-state index in [2.05, 4.69) is 30.7 Å². The van der Waals surface area contributed by atoms with Crippen molar-refractivity contribution in [3.05, 3.63) is 29.8 Å². The first-order chi connectivity index (χ1) is 15.7. The molecule has 2 unspecified atom stereocenters. The lowest BCUT2D eigenvalue weighted by Gasteiger charge is -2.41. The number of nitrogens with one attached hydrogen (secondary N) is 3. The van der Waals surface area contributed by atoms with Gasteiger partial charge in [0.1, 0.15) is 18.2 Å². The van der Waals surface area contributed by atoms with E-state index in [9.17, 15) is 24.3 Å². The van der Waals surface area contributed by atoms with Crippen LogP contribution in [0, 0.1) is 0 Å². The summed E-state index contributed by atoms with van der Waals surface area (Å²) >= 11 is 0. The Bertz CT molecular complexity index is 997. The number of carbonyl (C=O) groups is 4. The summed E-state index contributed by atoms with van der Waals surface area (Å²) in [7, 11) is 0. The minimum Gasteiger partial charge on any atom is -0.481 e. The summed E-state index contributed by atoms with van der Waals surface area (Å²) in [5.41, 5.74) is 6.77. The fourth-order valence-electron chi connectivity index (χ4n) is 4.35. The number of carbonyl (C=O) groups excluding carboxylic acids is 2. The molecule has 4 atom stereocenters. The second kappa shape index (κ2) is 9.03. The second-order valence-electron chi connectivity index (χ2n) is 8.18. The third kappa shape index (κ3) is 4.73. The van der Waals surface area contributed by atoms with Gasteiger partial charge in [-0.2, -0.15) is 0 Å². The Kier molecular flexibility index (Phi) is 6.16. The van der Waals surface area contributed by atoms with Crippen LogP contribution in [0.2, 0.25) is 0 Å². The molecule has 2 saturated heterocycles. The molecule has 1 aromatic rings. The number of nitrogens with zero attached hydrogens (tertiary/aromatic N) is 3. The summed E-state index contributed by atoms with van der Waals surface area (Å²) in [4.78, 5) is 55.4. The minimum absolute atomic E-state index is 0.0973. The van der Waals surface area contributed by atoms with Gasteiger partial charge in [-0.05, 0) is 30.7 Å². The van der Waals surface area contributed by atoms with Crippen LogP contribution in [0.15, 0.2) is 29.3 Å². The third-order valence-corrected chi connectivity index (χ3v) is 6.00. The predicted octanol–water partition coefficient (Wildman–Crippen LogP) is -2.08. The van der Waals surface area contributed by atoms with E-state index in [1.54, 1.807) is 24.3 Å². The van der Waals surface area contributed by atoms with Crippen LogP contribution < -0.4 is 26.6 Å². The Morgan fingerprint density at radius 2 is 1.97 bits per heavy atom. The van der Waals surface area contributed by atoms with Gasteiger partial charge in [-0.3, -0.25) is 29.9 Å². The average Bonchev–Trinajstić information content (AvgIpc) is 3.20. The number of amides is 2. The molecule has 0 aromatic heterocycles. The minimum atomic E-state index is -1.29. The van der Waals surface area contributed by atoms with Gasteiger partial charge in [0.15, 0.2) is 5.96 Å². The summed E-state index contributed by atoms with van der Waals surface area (Å²) in [6, 6.07) is 5.01. The Hall–Kier alpha value is -3.71. The van der Waals surface area contributed by atoms with Crippen molar-refractivity contribution in [2.75, 3.05) is 24.7 Å². The molecule has 3 aliphatic rings. The van der Waals surface area contributed by atoms with E-state index >= 15 is 0 Å². The van der Waals surface area contributed by atoms with E-state index in [-0.39, 0.29) is 36.3 Å². The molecule has 0 aliphatic carbocycles. The Morgan fingerprint density at radius 3 is 2.64 bits per heavy atom. The first-order valence-corrected chi connectivity index (χ1v) is 10.5. The van der Waals surface area contributed by atoms with Crippen molar-refractivity contribution in [2.24, 2.45) is 10.7 Å². The molecule has 0 bridgehead atoms. The molecule has 7 N–H and O–H groups in total. The van der Waals surface area contributed by atoms with E-state index < -0.39 is 36.1 Å². The largest absolute Gasteiger partial charge is 0.481 e. The van der Waals surface area contributed by atoms with E-state index in [0.717, 1.165) is 5.69 Å². The van der Waals surface area contributed by atoms with Crippen LogP contribution in [0.1, 0.15) is 23.2 Å². The Balaban J connectivity index is 1.41. The lowest BCUT2D eigenvalue weighted by molar-refractivity contribution is -0.140. The molecular formula is C20H25N7O6. The Labute approximate surface area is 188 Å². The summed E-state index contributed by atoms with van der Waals surface area (Å²) in [5, 5.41) is 26.2. The highest BCUT2D eigenvalue weighted by atomic mass is 16.4. The normalized spacial score (nSPS) is 25.3. The number of aliphatic carboxylic acids is 2. The molecule has 13 nitrogen and oxygen atoms in total. The summed E-state index contributed by atoms with van der Waals surface area (Å²) in [6.45, 7) is 1.82. The van der Waals surface area contributed by atoms with Crippen molar-refractivity contribution in [3.63, 3.8) is 0 Å². The number of benzene rings is 1. The van der Waals surface area contributed by atoms with Crippen molar-refractivity contribution < 1.29 is 29.4 Å². The van der Waals surface area contributed by atoms with Crippen molar-refractivity contribution in [3.8, 4) is 0 Å². The first-order valence-electron chi connectivity index (χ1n) is 10.5. The van der Waals surface area contributed by atoms with Gasteiger partial charge in [0.2, 0.25) is 5.91 Å². The molecule has 2 fully saturated rings. The van der Waals surface area contributed by atoms with Gasteiger partial charge in [-0.15, -0.1) is 0 Å². The molecule has 1 aromatic carbocycles. The number of aliphatic imine (C=N–C) groups is 1. The maximum atomic E-state index is 12.5. The molecule has 3 aliphatic heterocycles. The second-order valence-corrected chi connectivity index (χ2v) is 8.18. The van der Waals surface area contributed by atoms with Gasteiger partial charge in [0.25, 0.3) is 5.91 Å². The fraction of sp³-hybridized carbons (Fsp3) is 0.450. The number of fused-ring (bicyclic) bond motifs is 3. The monoisotopic (exact) mass is 459 g/mol. The zero-order valence-electron chi connectivity index (χ0n) is 17.6. The van der Waals surface area contributed by atoms with Crippen LogP contribution in [0.3, 0.4) is 0 Å². The van der Waals surface area contributed by atoms with Gasteiger partial charge in [-0.25, -0.2) is 9.79 Å². The predicted molar refractivity (Wildman–Crippen MR) is 115 cm³/mol. The zero-order chi connectivity index (χ0) is 23.7. The van der Waals surface area contributed by atoms with Crippen molar-refractivity contribution in [2.45, 2.75) is 37.1 Å². The number of anilines is 1. The van der Waals surface area contributed by atoms with Gasteiger partial charge in [0.05, 0.1) is 6.67 Å². The van der Waals surface area contributed by atoms with Gasteiger partial charge < -0.3 is 26.2 Å². The van der Waals surface area contributed by atoms with E-state index in [4.69, 9.17) is 10.8 Å². The van der Waals surface area contributed by atoms with Crippen molar-refractivity contribution >= 4 is 35.4 Å². The van der Waals surface area contributed by atoms with E-state index in [1.807, 2.05) is 0 Å². The van der Waals surface area contributed by atoms with Crippen LogP contribution in [-0.2, 0) is 14.4 Å². The molecule has 2 amide bonds. The van der Waals surface area contributed by atoms with Crippen LogP contribution in [0.5, 0.6) is 0 Å². The molecule has 3 heterocycles. The molecular weight excluding hydrogens is 434 g/mol. The topological polar surface area (TPSA) is 190 Å². The molecule has 13 heteroatoms. The number of hydrogen-bond donors (Lipinski definition) is 6. The number of carboxylic acid groups (broad SMARTS) is 2. The first kappa shape index (κ1) is 22.5. The van der Waals surface area contributed by atoms with Crippen LogP contribution in [0.4, 0.5) is 5.69 Å². The number of rotatable bonds is 7. The summed E-state index contributed by atoms with van der Waals surface area (Å²) < 4.78 is 0. The lowest BCUT2D eigenvalue weighted by Crippen LogP contribution is -2.68. The molecule has 4 rings (SSSR count). The summed E-state index contributed by atoms with van der Waals surface area (Å²) in [6.07, 6.45) is -0.974. The SMILES string of the molecule is NC1=NC2NC[C@H]3CN(c4ccc(C(=O)N[C@@H](CCC(=O)O)C(=O)O)cc4)CN3C2C(=O)N1. The highest BCUT2D eigenvalue weighted by Crippen LogP contribution is 2.28. The smallest absolute Gasteiger partial charge is 0.326 e. The summed E-state index contributed by atoms with van der Waals surface area (Å²) in [5.74, 6) is -3.12. The molecule has 33 heavy (non-hydrogen) atoms. The number of nitrogens with two attached hydrogens (primary N) is 1. The highest BCUT2D eigenvalue weighted by Gasteiger charge is 2.47. The maximum absolute atomic E-state index is 12.5. The van der Waals surface area contributed by atoms with E-state index in [0.29, 0.717) is 19.8 Å². The standard InChI is InChI=1S/C20H25N7O6/c21-20-24-16-15(18(31)25-20)27-9-26(8-12(27)7-22-16)11-3-1-10(2-4-11)17(30)23-13(19(32)33)5-6-14(28)29/h1-4,12-13,15-16,22H,5-9H2,(H,23,30)(H,28,29)(H,32,33)(H3,21,24,25,31)/t12-,13-,15?,16?/m0/s1. The van der Waals surface area contributed by atoms with Crippen molar-refractivity contribution in [1.29, 1.82) is 0 Å². The van der Waals surface area contributed by atoms with Gasteiger partial charge >= 0.3 is 11.9 Å². The highest BCUT2D eigenvalue weighted by molar-refractivity contribution is 6.01. The molecule has 0 saturated carbocycles. The number of piperazine rings is 1. The van der Waals surface area contributed by atoms with Crippen molar-refractivity contribution in [1.82, 2.24) is 20.9 Å². The zero-order valence-corrected chi connectivity index (χ0v) is 17.6. The molecule has 0 radical (unpaired) electrons. The van der Waals surface area contributed by atoms with Crippen LogP contribution in [-0.4, -0.2) is 88.9 Å². The van der Waals surface area contributed by atoms with Crippen LogP contribution in [0.25, 0.3) is 0 Å². The quantitative estimate of drug-likeness (QED) is 0.264. The van der Waals surface area contributed by atoms with Crippen LogP contribution >= 0.6 is 0 Å². The molecule has 0 spiro atoms. The van der Waals surface area contributed by atoms with E-state index in [1.165, 1.54) is 0 Å². The molecule has 176 valence electrons. The number of hydrogen-bond acceptors (Lipinski definition) is 9. The van der Waals surface area contributed by atoms with Gasteiger partial charge in [-0.1, -0.05) is 0 Å². The Morgan fingerprint density at radius 1 is 1.24 bits per heavy atom. The maximum Gasteiger partial charge on any atom is 0.326 e.